The zero-order valence-corrected chi connectivity index (χ0v) is 20.8. The van der Waals surface area contributed by atoms with E-state index < -0.39 is 29.2 Å². The first kappa shape index (κ1) is 24.0. The van der Waals surface area contributed by atoms with E-state index in [2.05, 4.69) is 31.4 Å². The molecule has 2 aromatic rings. The summed E-state index contributed by atoms with van der Waals surface area (Å²) < 4.78 is 14.8. The van der Waals surface area contributed by atoms with Crippen LogP contribution in [0.5, 0.6) is 0 Å². The lowest BCUT2D eigenvalue weighted by atomic mass is 9.62. The highest BCUT2D eigenvalue weighted by atomic mass is 35.5. The molecule has 176 valence electrons. The lowest BCUT2D eigenvalue weighted by Gasteiger charge is -2.37. The maximum absolute atomic E-state index is 14.8. The molecule has 1 fully saturated rings. The third-order valence-electron chi connectivity index (χ3n) is 6.62. The predicted molar refractivity (Wildman–Crippen MR) is 129 cm³/mol. The van der Waals surface area contributed by atoms with Gasteiger partial charge in [-0.25, -0.2) is 4.39 Å². The molecule has 5 nitrogen and oxygen atoms in total. The van der Waals surface area contributed by atoms with Crippen LogP contribution in [0.3, 0.4) is 0 Å². The first-order chi connectivity index (χ1) is 15.4. The molecule has 2 aromatic carbocycles. The number of anilines is 1. The second kappa shape index (κ2) is 8.26. The molecule has 0 bridgehead atoms. The van der Waals surface area contributed by atoms with Crippen LogP contribution >= 0.6 is 23.2 Å². The Morgan fingerprint density at radius 2 is 1.88 bits per heavy atom. The Bertz CT molecular complexity index is 1130. The molecule has 4 rings (SSSR count). The summed E-state index contributed by atoms with van der Waals surface area (Å²) in [5, 5.41) is 6.85. The maximum Gasteiger partial charge on any atom is 0.239 e. The highest BCUT2D eigenvalue weighted by Gasteiger charge is 2.66. The van der Waals surface area contributed by atoms with E-state index in [1.54, 1.807) is 32.3 Å². The molecule has 0 aliphatic carbocycles. The van der Waals surface area contributed by atoms with Gasteiger partial charge in [-0.05, 0) is 47.2 Å². The largest absolute Gasteiger partial charge is 0.347 e. The normalized spacial score (nSPS) is 26.4. The Morgan fingerprint density at radius 1 is 1.18 bits per heavy atom. The van der Waals surface area contributed by atoms with Crippen molar-refractivity contribution < 1.29 is 14.0 Å². The number of carbonyl (C=O) groups is 2. The lowest BCUT2D eigenvalue weighted by molar-refractivity contribution is -0.131. The number of amides is 2. The van der Waals surface area contributed by atoms with E-state index in [0.717, 1.165) is 5.56 Å². The SMILES string of the molecule is CN(C)C(=O)[C@@H]1N[C@@H](CC(C)(C)C)[C@@]2(C(=O)Nc3cc(Cl)c(F)cc32)[C@H]1c1cccc(Cl)c1. The van der Waals surface area contributed by atoms with Gasteiger partial charge in [0.2, 0.25) is 11.8 Å². The van der Waals surface area contributed by atoms with Gasteiger partial charge in [0.05, 0.1) is 11.1 Å². The second-order valence-corrected chi connectivity index (χ2v) is 11.2. The minimum atomic E-state index is -1.23. The van der Waals surface area contributed by atoms with Crippen molar-refractivity contribution in [3.05, 3.63) is 63.4 Å². The molecule has 1 spiro atoms. The van der Waals surface area contributed by atoms with E-state index in [1.807, 2.05) is 6.07 Å². The highest BCUT2D eigenvalue weighted by Crippen LogP contribution is 2.57. The number of nitrogens with one attached hydrogen (secondary N) is 2. The molecule has 8 heteroatoms. The minimum Gasteiger partial charge on any atom is -0.347 e. The van der Waals surface area contributed by atoms with E-state index in [1.165, 1.54) is 17.0 Å². The monoisotopic (exact) mass is 491 g/mol. The number of fused-ring (bicyclic) bond motifs is 2. The molecule has 2 aliphatic heterocycles. The zero-order chi connectivity index (χ0) is 24.3. The van der Waals surface area contributed by atoms with E-state index >= 15 is 0 Å². The van der Waals surface area contributed by atoms with Crippen LogP contribution in [0.15, 0.2) is 36.4 Å². The molecule has 2 N–H and O–H groups in total. The van der Waals surface area contributed by atoms with Crippen molar-refractivity contribution in [1.29, 1.82) is 0 Å². The predicted octanol–water partition coefficient (Wildman–Crippen LogP) is 4.97. The van der Waals surface area contributed by atoms with E-state index in [-0.39, 0.29) is 22.3 Å². The molecule has 0 unspecified atom stereocenters. The Morgan fingerprint density at radius 3 is 2.48 bits per heavy atom. The number of halogens is 3. The Hall–Kier alpha value is -2.15. The van der Waals surface area contributed by atoms with E-state index in [9.17, 15) is 14.0 Å². The van der Waals surface area contributed by atoms with Gasteiger partial charge < -0.3 is 15.5 Å². The molecule has 2 heterocycles. The van der Waals surface area contributed by atoms with Crippen LogP contribution in [0.4, 0.5) is 10.1 Å². The van der Waals surface area contributed by atoms with Crippen molar-refractivity contribution in [2.45, 2.75) is 50.6 Å². The van der Waals surface area contributed by atoms with Crippen LogP contribution in [0, 0.1) is 11.2 Å². The third kappa shape index (κ3) is 3.92. The first-order valence-electron chi connectivity index (χ1n) is 10.9. The average Bonchev–Trinajstić information content (AvgIpc) is 3.17. The zero-order valence-electron chi connectivity index (χ0n) is 19.3. The molecular weight excluding hydrogens is 464 g/mol. The van der Waals surface area contributed by atoms with Crippen molar-refractivity contribution in [2.75, 3.05) is 19.4 Å². The number of carbonyl (C=O) groups excluding carboxylic acids is 2. The molecule has 4 atom stereocenters. The molecule has 0 aromatic heterocycles. The molecule has 2 aliphatic rings. The Balaban J connectivity index is 2.04. The molecule has 2 amide bonds. The summed E-state index contributed by atoms with van der Waals surface area (Å²) in [4.78, 5) is 28.8. The number of likely N-dealkylation sites (N-methyl/N-ethyl adjacent to an activating group) is 1. The van der Waals surface area contributed by atoms with E-state index in [4.69, 9.17) is 23.2 Å². The molecule has 0 radical (unpaired) electrons. The van der Waals surface area contributed by atoms with Gasteiger partial charge in [0.1, 0.15) is 11.2 Å². The highest BCUT2D eigenvalue weighted by molar-refractivity contribution is 6.31. The summed E-state index contributed by atoms with van der Waals surface area (Å²) in [6.45, 7) is 6.23. The second-order valence-electron chi connectivity index (χ2n) is 10.4. The number of rotatable bonds is 3. The number of hydrogen-bond acceptors (Lipinski definition) is 3. The van der Waals surface area contributed by atoms with Gasteiger partial charge in [0.15, 0.2) is 0 Å². The topological polar surface area (TPSA) is 61.4 Å². The van der Waals surface area contributed by atoms with Crippen LogP contribution in [0.1, 0.15) is 44.2 Å². The summed E-state index contributed by atoms with van der Waals surface area (Å²) in [5.41, 5.74) is 0.320. The van der Waals surface area contributed by atoms with Crippen LogP contribution in [0.2, 0.25) is 10.0 Å². The van der Waals surface area contributed by atoms with Crippen molar-refractivity contribution >= 4 is 40.7 Å². The van der Waals surface area contributed by atoms with Gasteiger partial charge in [-0.3, -0.25) is 9.59 Å². The van der Waals surface area contributed by atoms with Crippen molar-refractivity contribution in [2.24, 2.45) is 5.41 Å². The standard InChI is InChI=1S/C25H28Cl2FN3O2/c1-24(2,3)12-19-25(15-10-17(28)16(27)11-18(15)29-23(25)33)20(13-7-6-8-14(26)9-13)21(30-19)22(32)31(4)5/h6-11,19-21,30H,12H2,1-5H3,(H,29,33)/t19-,20-,21+,25+/m0/s1. The van der Waals surface area contributed by atoms with Crippen LogP contribution < -0.4 is 10.6 Å². The van der Waals surface area contributed by atoms with Crippen LogP contribution in [-0.4, -0.2) is 42.9 Å². The fourth-order valence-corrected chi connectivity index (χ4v) is 5.76. The summed E-state index contributed by atoms with van der Waals surface area (Å²) >= 11 is 12.4. The number of benzene rings is 2. The summed E-state index contributed by atoms with van der Waals surface area (Å²) in [6.07, 6.45) is 0.582. The van der Waals surface area contributed by atoms with Gasteiger partial charge in [0, 0.05) is 36.8 Å². The molecular formula is C25H28Cl2FN3O2. The van der Waals surface area contributed by atoms with Gasteiger partial charge in [-0.15, -0.1) is 0 Å². The summed E-state index contributed by atoms with van der Waals surface area (Å²) in [5.74, 6) is -1.65. The van der Waals surface area contributed by atoms with Gasteiger partial charge >= 0.3 is 0 Å². The third-order valence-corrected chi connectivity index (χ3v) is 7.14. The van der Waals surface area contributed by atoms with Gasteiger partial charge in [-0.2, -0.15) is 0 Å². The fraction of sp³-hybridized carbons (Fsp3) is 0.440. The van der Waals surface area contributed by atoms with E-state index in [0.29, 0.717) is 22.7 Å². The van der Waals surface area contributed by atoms with Crippen molar-refractivity contribution in [1.82, 2.24) is 10.2 Å². The number of nitrogens with zero attached hydrogens (tertiary/aromatic N) is 1. The first-order valence-corrected chi connectivity index (χ1v) is 11.7. The average molecular weight is 492 g/mol. The van der Waals surface area contributed by atoms with Gasteiger partial charge in [0.25, 0.3) is 0 Å². The Kier molecular flexibility index (Phi) is 6.00. The quantitative estimate of drug-likeness (QED) is 0.636. The van der Waals surface area contributed by atoms with Gasteiger partial charge in [-0.1, -0.05) is 56.1 Å². The van der Waals surface area contributed by atoms with Crippen molar-refractivity contribution in [3.8, 4) is 0 Å². The molecule has 0 saturated carbocycles. The minimum absolute atomic E-state index is 0.0651. The van der Waals surface area contributed by atoms with Crippen LogP contribution in [-0.2, 0) is 15.0 Å². The van der Waals surface area contributed by atoms with Crippen molar-refractivity contribution in [3.63, 3.8) is 0 Å². The maximum atomic E-state index is 14.8. The number of hydrogen-bond donors (Lipinski definition) is 2. The van der Waals surface area contributed by atoms with Crippen LogP contribution in [0.25, 0.3) is 0 Å². The summed E-state index contributed by atoms with van der Waals surface area (Å²) in [6, 6.07) is 8.84. The molecule has 1 saturated heterocycles. The lowest BCUT2D eigenvalue weighted by Crippen LogP contribution is -2.49. The Labute approximate surface area is 203 Å². The smallest absolute Gasteiger partial charge is 0.239 e. The fourth-order valence-electron chi connectivity index (χ4n) is 5.40. The summed E-state index contributed by atoms with van der Waals surface area (Å²) in [7, 11) is 3.37. The molecule has 33 heavy (non-hydrogen) atoms.